The van der Waals surface area contributed by atoms with Crippen molar-refractivity contribution in [2.45, 2.75) is 0 Å². The van der Waals surface area contributed by atoms with Crippen LogP contribution in [0.2, 0.25) is 0 Å². The molecule has 0 saturated heterocycles. The van der Waals surface area contributed by atoms with E-state index in [0.29, 0.717) is 0 Å². The topological polar surface area (TPSA) is 83.5 Å². The molecule has 0 amide bonds. The summed E-state index contributed by atoms with van der Waals surface area (Å²) in [6, 6.07) is 0. The summed E-state index contributed by atoms with van der Waals surface area (Å²) >= 11 is 5.54. The van der Waals surface area contributed by atoms with Crippen molar-refractivity contribution in [2.24, 2.45) is 0 Å². The normalized spacial score (nSPS) is 10.8. The fraction of sp³-hybridized carbons (Fsp3) is 0. The Kier molecular flexibility index (Phi) is 1.31. The molecule has 0 unspecified atom stereocenters. The lowest BCUT2D eigenvalue weighted by atomic mass is 10.5. The molecule has 0 saturated carbocycles. The molecule has 2 heterocycles. The highest BCUT2D eigenvalue weighted by molar-refractivity contribution is 6.18. The van der Waals surface area contributed by atoms with Crippen LogP contribution in [0.4, 0.5) is 0 Å². The molecule has 0 spiro atoms. The molecule has 0 aromatic carbocycles. The maximum Gasteiger partial charge on any atom is 0.327 e. The van der Waals surface area contributed by atoms with Gasteiger partial charge in [-0.15, -0.1) is 0 Å². The van der Waals surface area contributed by atoms with Crippen LogP contribution in [0.3, 0.4) is 0 Å². The second-order valence-corrected chi connectivity index (χ2v) is 2.53. The van der Waals surface area contributed by atoms with E-state index in [2.05, 4.69) is 9.97 Å². The van der Waals surface area contributed by atoms with E-state index in [1.165, 1.54) is 6.33 Å². The lowest BCUT2D eigenvalue weighted by molar-refractivity contribution is 1.07. The van der Waals surface area contributed by atoms with Crippen LogP contribution in [0, 0.1) is 0 Å². The first-order chi connectivity index (χ1) is 5.68. The van der Waals surface area contributed by atoms with Crippen molar-refractivity contribution >= 4 is 22.9 Å². The van der Waals surface area contributed by atoms with E-state index < -0.39 is 11.2 Å². The van der Waals surface area contributed by atoms with Gasteiger partial charge < -0.3 is 0 Å². The van der Waals surface area contributed by atoms with Gasteiger partial charge in [-0.05, 0) is 0 Å². The van der Waals surface area contributed by atoms with Gasteiger partial charge in [-0.1, -0.05) is 0 Å². The van der Waals surface area contributed by atoms with E-state index in [-0.39, 0.29) is 11.2 Å². The Morgan fingerprint density at radius 1 is 1.42 bits per heavy atom. The average molecular weight is 187 g/mol. The Bertz CT molecular complexity index is 536. The van der Waals surface area contributed by atoms with Gasteiger partial charge >= 0.3 is 5.69 Å². The van der Waals surface area contributed by atoms with E-state index in [4.69, 9.17) is 11.8 Å². The average Bonchev–Trinajstić information content (AvgIpc) is 2.31. The Morgan fingerprint density at radius 3 is 2.92 bits per heavy atom. The van der Waals surface area contributed by atoms with Gasteiger partial charge in [-0.25, -0.2) is 13.9 Å². The largest absolute Gasteiger partial charge is 0.327 e. The standard InChI is InChI=1S/C5H3ClN4O2/c6-10-1-7-3-2(10)4(11)9-5(12)8-3/h1H,(H2,8,9,11,12). The molecule has 0 bridgehead atoms. The van der Waals surface area contributed by atoms with Crippen LogP contribution >= 0.6 is 11.8 Å². The zero-order valence-electron chi connectivity index (χ0n) is 5.67. The lowest BCUT2D eigenvalue weighted by Gasteiger charge is -1.87. The third-order valence-electron chi connectivity index (χ3n) is 1.40. The second kappa shape index (κ2) is 2.21. The number of H-pyrrole nitrogens is 2. The number of nitrogens with zero attached hydrogens (tertiary/aromatic N) is 2. The third kappa shape index (κ3) is 0.850. The van der Waals surface area contributed by atoms with Crippen LogP contribution < -0.4 is 11.2 Å². The van der Waals surface area contributed by atoms with E-state index in [1.54, 1.807) is 0 Å². The third-order valence-corrected chi connectivity index (χ3v) is 1.66. The SMILES string of the molecule is O=c1[nH]c(=O)c2c(ncn2Cl)[nH]1. The molecule has 2 rings (SSSR count). The van der Waals surface area contributed by atoms with Gasteiger partial charge in [0.2, 0.25) is 0 Å². The fourth-order valence-electron chi connectivity index (χ4n) is 0.926. The first-order valence-corrected chi connectivity index (χ1v) is 3.38. The van der Waals surface area contributed by atoms with Crippen LogP contribution in [0.1, 0.15) is 0 Å². The van der Waals surface area contributed by atoms with Crippen LogP contribution in [0.5, 0.6) is 0 Å². The molecule has 0 aliphatic rings. The summed E-state index contributed by atoms with van der Waals surface area (Å²) in [5.74, 6) is 0. The quantitative estimate of drug-likeness (QED) is 0.577. The number of hydrogen-bond acceptors (Lipinski definition) is 3. The fourth-order valence-corrected chi connectivity index (χ4v) is 1.13. The summed E-state index contributed by atoms with van der Waals surface area (Å²) in [7, 11) is 0. The van der Waals surface area contributed by atoms with Crippen LogP contribution in [-0.2, 0) is 0 Å². The molecule has 12 heavy (non-hydrogen) atoms. The number of aromatic nitrogens is 4. The van der Waals surface area contributed by atoms with E-state index >= 15 is 0 Å². The molecule has 62 valence electrons. The summed E-state index contributed by atoms with van der Waals surface area (Å²) in [4.78, 5) is 29.8. The first-order valence-electron chi connectivity index (χ1n) is 3.04. The predicted octanol–water partition coefficient (Wildman–Crippen LogP) is -0.585. The number of rotatable bonds is 0. The molecule has 0 aliphatic carbocycles. The minimum absolute atomic E-state index is 0.135. The zero-order chi connectivity index (χ0) is 8.72. The van der Waals surface area contributed by atoms with E-state index in [0.717, 1.165) is 4.09 Å². The molecular formula is C5H3ClN4O2. The van der Waals surface area contributed by atoms with E-state index in [9.17, 15) is 9.59 Å². The smallest absolute Gasteiger partial charge is 0.290 e. The molecule has 0 fully saturated rings. The molecule has 7 heteroatoms. The monoisotopic (exact) mass is 186 g/mol. The van der Waals surface area contributed by atoms with Crippen LogP contribution in [0.25, 0.3) is 11.2 Å². The number of aromatic amines is 2. The van der Waals surface area contributed by atoms with Crippen molar-refractivity contribution < 1.29 is 0 Å². The number of nitrogens with one attached hydrogen (secondary N) is 2. The minimum atomic E-state index is -0.595. The predicted molar refractivity (Wildman–Crippen MR) is 42.2 cm³/mol. The van der Waals surface area contributed by atoms with Crippen molar-refractivity contribution in [1.82, 2.24) is 19.0 Å². The summed E-state index contributed by atoms with van der Waals surface area (Å²) in [6.45, 7) is 0. The van der Waals surface area contributed by atoms with Crippen molar-refractivity contribution in [3.8, 4) is 0 Å². The lowest BCUT2D eigenvalue weighted by Crippen LogP contribution is -2.22. The molecule has 0 radical (unpaired) electrons. The van der Waals surface area contributed by atoms with Crippen molar-refractivity contribution in [3.63, 3.8) is 0 Å². The highest BCUT2D eigenvalue weighted by Gasteiger charge is 2.05. The number of imidazole rings is 1. The summed E-state index contributed by atoms with van der Waals surface area (Å²) in [5, 5.41) is 0. The van der Waals surface area contributed by atoms with Gasteiger partial charge in [0.05, 0.1) is 0 Å². The van der Waals surface area contributed by atoms with Gasteiger partial charge in [0.1, 0.15) is 6.33 Å². The number of hydrogen-bond donors (Lipinski definition) is 2. The Labute approximate surface area is 69.9 Å². The Balaban J connectivity index is 3.13. The summed E-state index contributed by atoms with van der Waals surface area (Å²) in [5.41, 5.74) is -0.834. The molecule has 2 N–H and O–H groups in total. The van der Waals surface area contributed by atoms with Gasteiger partial charge in [0.25, 0.3) is 5.56 Å². The van der Waals surface area contributed by atoms with Crippen LogP contribution in [-0.4, -0.2) is 19.0 Å². The number of fused-ring (bicyclic) bond motifs is 1. The molecule has 2 aromatic rings. The second-order valence-electron chi connectivity index (χ2n) is 2.16. The maximum absolute atomic E-state index is 11.1. The Morgan fingerprint density at radius 2 is 2.17 bits per heavy atom. The maximum atomic E-state index is 11.1. The highest BCUT2D eigenvalue weighted by atomic mass is 35.5. The van der Waals surface area contributed by atoms with Gasteiger partial charge in [0.15, 0.2) is 11.2 Å². The minimum Gasteiger partial charge on any atom is -0.290 e. The first kappa shape index (κ1) is 7.11. The van der Waals surface area contributed by atoms with Crippen molar-refractivity contribution in [1.29, 1.82) is 0 Å². The Hall–Kier alpha value is -1.56. The van der Waals surface area contributed by atoms with Crippen molar-refractivity contribution in [3.05, 3.63) is 27.2 Å². The number of halogens is 1. The molecule has 0 aliphatic heterocycles. The van der Waals surface area contributed by atoms with E-state index in [1.807, 2.05) is 4.98 Å². The van der Waals surface area contributed by atoms with Gasteiger partial charge in [0, 0.05) is 11.8 Å². The van der Waals surface area contributed by atoms with Gasteiger partial charge in [-0.3, -0.25) is 14.8 Å². The molecule has 2 aromatic heterocycles. The van der Waals surface area contributed by atoms with Crippen LogP contribution in [0.15, 0.2) is 15.9 Å². The zero-order valence-corrected chi connectivity index (χ0v) is 6.42. The van der Waals surface area contributed by atoms with Gasteiger partial charge in [-0.2, -0.15) is 0 Å². The molecular weight excluding hydrogens is 184 g/mol. The summed E-state index contributed by atoms with van der Waals surface area (Å²) < 4.78 is 1.02. The molecule has 0 atom stereocenters. The molecule has 6 nitrogen and oxygen atoms in total. The van der Waals surface area contributed by atoms with Crippen molar-refractivity contribution in [2.75, 3.05) is 0 Å². The highest BCUT2D eigenvalue weighted by Crippen LogP contribution is 2.02. The summed E-state index contributed by atoms with van der Waals surface area (Å²) in [6.07, 6.45) is 1.23.